The molecule has 0 radical (unpaired) electrons. The van der Waals surface area contributed by atoms with Gasteiger partial charge in [-0.2, -0.15) is 10.1 Å². The number of rotatable bonds is 4. The van der Waals surface area contributed by atoms with Crippen LogP contribution in [-0.4, -0.2) is 57.4 Å². The van der Waals surface area contributed by atoms with E-state index in [9.17, 15) is 0 Å². The van der Waals surface area contributed by atoms with Gasteiger partial charge in [-0.25, -0.2) is 9.97 Å². The van der Waals surface area contributed by atoms with Gasteiger partial charge in [-0.1, -0.05) is 25.7 Å². The second-order valence-electron chi connectivity index (χ2n) is 7.00. The van der Waals surface area contributed by atoms with Crippen LogP contribution in [0.25, 0.3) is 0 Å². The number of hydrogen-bond acceptors (Lipinski definition) is 8. The molecule has 1 saturated heterocycles. The van der Waals surface area contributed by atoms with Gasteiger partial charge in [0.05, 0.1) is 6.20 Å². The molecule has 0 unspecified atom stereocenters. The summed E-state index contributed by atoms with van der Waals surface area (Å²) in [5, 5.41) is 12.0. The van der Waals surface area contributed by atoms with Gasteiger partial charge in [0.15, 0.2) is 5.82 Å². The zero-order valence-electron chi connectivity index (χ0n) is 15.1. The summed E-state index contributed by atoms with van der Waals surface area (Å²) in [6.45, 7) is 3.39. The summed E-state index contributed by atoms with van der Waals surface area (Å²) in [7, 11) is 0. The fraction of sp³-hybridized carbons (Fsp3) is 0.611. The van der Waals surface area contributed by atoms with Crippen LogP contribution in [0.2, 0.25) is 0 Å². The number of anilines is 3. The van der Waals surface area contributed by atoms with Gasteiger partial charge < -0.3 is 15.1 Å². The molecular formula is C18H26N8. The topological polar surface area (TPSA) is 83.0 Å². The molecular weight excluding hydrogens is 328 g/mol. The van der Waals surface area contributed by atoms with Crippen LogP contribution >= 0.6 is 0 Å². The number of hydrogen-bond donors (Lipinski definition) is 1. The minimum absolute atomic E-state index is 0.508. The Morgan fingerprint density at radius 1 is 0.846 bits per heavy atom. The normalized spacial score (nSPS) is 19.2. The molecule has 3 heterocycles. The molecule has 2 aromatic rings. The first-order valence-corrected chi connectivity index (χ1v) is 9.62. The summed E-state index contributed by atoms with van der Waals surface area (Å²) in [4.78, 5) is 17.7. The highest BCUT2D eigenvalue weighted by Gasteiger charge is 2.21. The zero-order valence-corrected chi connectivity index (χ0v) is 15.1. The van der Waals surface area contributed by atoms with E-state index >= 15 is 0 Å². The van der Waals surface area contributed by atoms with Crippen molar-refractivity contribution in [1.82, 2.24) is 25.1 Å². The third-order valence-corrected chi connectivity index (χ3v) is 5.15. The Kier molecular flexibility index (Phi) is 5.37. The first kappa shape index (κ1) is 16.9. The van der Waals surface area contributed by atoms with Crippen molar-refractivity contribution in [3.8, 4) is 0 Å². The molecule has 8 nitrogen and oxygen atoms in total. The van der Waals surface area contributed by atoms with Crippen LogP contribution in [-0.2, 0) is 0 Å². The molecule has 26 heavy (non-hydrogen) atoms. The third kappa shape index (κ3) is 4.17. The highest BCUT2D eigenvalue weighted by molar-refractivity contribution is 5.42. The largest absolute Gasteiger partial charge is 0.366 e. The molecule has 0 atom stereocenters. The molecule has 1 N–H and O–H groups in total. The Labute approximate surface area is 154 Å². The maximum Gasteiger partial charge on any atom is 0.247 e. The molecule has 138 valence electrons. The average molecular weight is 354 g/mol. The van der Waals surface area contributed by atoms with Crippen LogP contribution in [0.5, 0.6) is 0 Å². The summed E-state index contributed by atoms with van der Waals surface area (Å²) in [5.41, 5.74) is 0. The van der Waals surface area contributed by atoms with Crippen molar-refractivity contribution in [2.24, 2.45) is 0 Å². The molecule has 0 aromatic carbocycles. The predicted molar refractivity (Wildman–Crippen MR) is 101 cm³/mol. The van der Waals surface area contributed by atoms with Crippen molar-refractivity contribution >= 4 is 17.7 Å². The standard InChI is InChI=1S/C18H26N8/c1-2-4-7-15(6-3-1)22-16-14-21-24-18(23-16)26-12-10-25(11-13-26)17-19-8-5-9-20-17/h5,8-9,14-15H,1-4,6-7,10-13H2,(H,22,23,24). The van der Waals surface area contributed by atoms with E-state index in [2.05, 4.69) is 35.3 Å². The fourth-order valence-corrected chi connectivity index (χ4v) is 3.69. The maximum absolute atomic E-state index is 4.71. The van der Waals surface area contributed by atoms with Gasteiger partial charge in [0, 0.05) is 44.6 Å². The number of nitrogens with zero attached hydrogens (tertiary/aromatic N) is 7. The van der Waals surface area contributed by atoms with Gasteiger partial charge in [0.1, 0.15) is 0 Å². The Morgan fingerprint density at radius 2 is 1.50 bits per heavy atom. The molecule has 2 aromatic heterocycles. The molecule has 0 amide bonds. The Hall–Kier alpha value is -2.51. The van der Waals surface area contributed by atoms with Gasteiger partial charge in [0.25, 0.3) is 0 Å². The van der Waals surface area contributed by atoms with E-state index in [0.717, 1.165) is 37.9 Å². The van der Waals surface area contributed by atoms with Gasteiger partial charge >= 0.3 is 0 Å². The molecule has 8 heteroatoms. The molecule has 2 aliphatic rings. The van der Waals surface area contributed by atoms with Crippen LogP contribution in [0, 0.1) is 0 Å². The Morgan fingerprint density at radius 3 is 2.19 bits per heavy atom. The number of piperazine rings is 1. The number of aromatic nitrogens is 5. The minimum Gasteiger partial charge on any atom is -0.366 e. The Bertz CT molecular complexity index is 679. The van der Waals surface area contributed by atoms with E-state index in [1.807, 2.05) is 6.07 Å². The van der Waals surface area contributed by atoms with Crippen molar-refractivity contribution in [2.75, 3.05) is 41.3 Å². The van der Waals surface area contributed by atoms with Gasteiger partial charge in [0.2, 0.25) is 11.9 Å². The molecule has 4 rings (SSSR count). The average Bonchev–Trinajstić information content (AvgIpc) is 2.98. The van der Waals surface area contributed by atoms with E-state index < -0.39 is 0 Å². The molecule has 1 aliphatic carbocycles. The molecule has 0 spiro atoms. The Balaban J connectivity index is 1.36. The quantitative estimate of drug-likeness (QED) is 0.836. The smallest absolute Gasteiger partial charge is 0.247 e. The van der Waals surface area contributed by atoms with Crippen molar-refractivity contribution in [3.05, 3.63) is 24.7 Å². The van der Waals surface area contributed by atoms with Crippen LogP contribution < -0.4 is 15.1 Å². The zero-order chi connectivity index (χ0) is 17.6. The summed E-state index contributed by atoms with van der Waals surface area (Å²) in [5.74, 6) is 2.34. The van der Waals surface area contributed by atoms with Crippen LogP contribution in [0.3, 0.4) is 0 Å². The van der Waals surface area contributed by atoms with Crippen molar-refractivity contribution in [1.29, 1.82) is 0 Å². The first-order chi connectivity index (χ1) is 12.9. The fourth-order valence-electron chi connectivity index (χ4n) is 3.69. The van der Waals surface area contributed by atoms with Crippen molar-refractivity contribution in [2.45, 2.75) is 44.6 Å². The van der Waals surface area contributed by atoms with Gasteiger partial charge in [-0.3, -0.25) is 0 Å². The molecule has 1 saturated carbocycles. The predicted octanol–water partition coefficient (Wildman–Crippen LogP) is 2.12. The second kappa shape index (κ2) is 8.25. The lowest BCUT2D eigenvalue weighted by Crippen LogP contribution is -2.47. The molecule has 2 fully saturated rings. The van der Waals surface area contributed by atoms with E-state index in [1.54, 1.807) is 18.6 Å². The van der Waals surface area contributed by atoms with Gasteiger partial charge in [-0.05, 0) is 18.9 Å². The van der Waals surface area contributed by atoms with Crippen LogP contribution in [0.1, 0.15) is 38.5 Å². The van der Waals surface area contributed by atoms with Crippen molar-refractivity contribution < 1.29 is 0 Å². The summed E-state index contributed by atoms with van der Waals surface area (Å²) in [6, 6.07) is 2.35. The van der Waals surface area contributed by atoms with Crippen molar-refractivity contribution in [3.63, 3.8) is 0 Å². The third-order valence-electron chi connectivity index (χ3n) is 5.15. The van der Waals surface area contributed by atoms with E-state index in [0.29, 0.717) is 12.0 Å². The highest BCUT2D eigenvalue weighted by Crippen LogP contribution is 2.21. The lowest BCUT2D eigenvalue weighted by Gasteiger charge is -2.34. The van der Waals surface area contributed by atoms with E-state index in [4.69, 9.17) is 4.98 Å². The lowest BCUT2D eigenvalue weighted by molar-refractivity contribution is 0.610. The number of nitrogens with one attached hydrogen (secondary N) is 1. The van der Waals surface area contributed by atoms with E-state index in [1.165, 1.54) is 38.5 Å². The maximum atomic E-state index is 4.71. The monoisotopic (exact) mass is 354 g/mol. The lowest BCUT2D eigenvalue weighted by atomic mass is 10.1. The summed E-state index contributed by atoms with van der Waals surface area (Å²) in [6.07, 6.45) is 13.0. The minimum atomic E-state index is 0.508. The molecule has 1 aliphatic heterocycles. The van der Waals surface area contributed by atoms with Gasteiger partial charge in [-0.15, -0.1) is 5.10 Å². The van der Waals surface area contributed by atoms with E-state index in [-0.39, 0.29) is 0 Å². The SMILES string of the molecule is c1cnc(N2CCN(c3nncc(NC4CCCCCC4)n3)CC2)nc1. The molecule has 0 bridgehead atoms. The second-order valence-corrected chi connectivity index (χ2v) is 7.00. The highest BCUT2D eigenvalue weighted by atomic mass is 15.4. The summed E-state index contributed by atoms with van der Waals surface area (Å²) < 4.78 is 0. The van der Waals surface area contributed by atoms with Crippen LogP contribution in [0.4, 0.5) is 17.7 Å². The summed E-state index contributed by atoms with van der Waals surface area (Å²) >= 11 is 0. The van der Waals surface area contributed by atoms with Crippen LogP contribution in [0.15, 0.2) is 24.7 Å². The first-order valence-electron chi connectivity index (χ1n) is 9.62.